The normalized spacial score (nSPS) is 12.6. The van der Waals surface area contributed by atoms with Crippen LogP contribution in [-0.4, -0.2) is 18.9 Å². The first-order valence-electron chi connectivity index (χ1n) is 6.98. The maximum absolute atomic E-state index is 6.38. The zero-order valence-corrected chi connectivity index (χ0v) is 12.5. The Morgan fingerprint density at radius 1 is 0.882 bits per heavy atom. The average Bonchev–Trinajstić information content (AvgIpc) is 2.37. The third-order valence-electron chi connectivity index (χ3n) is 3.19. The Kier molecular flexibility index (Phi) is 6.77. The van der Waals surface area contributed by atoms with Gasteiger partial charge in [0.2, 0.25) is 0 Å². The Balaban J connectivity index is 2.95. The number of hydrogen-bond acceptors (Lipinski definition) is 1. The van der Waals surface area contributed by atoms with Crippen molar-refractivity contribution in [3.8, 4) is 0 Å². The summed E-state index contributed by atoms with van der Waals surface area (Å²) in [6.45, 7) is 7.66. The molecule has 0 N–H and O–H groups in total. The fourth-order valence-corrected chi connectivity index (χ4v) is 6.78. The van der Waals surface area contributed by atoms with Gasteiger partial charge in [-0.3, -0.25) is 0 Å². The molecule has 0 saturated heterocycles. The molecule has 1 rings (SSSR count). The van der Waals surface area contributed by atoms with E-state index in [2.05, 4.69) is 51.1 Å². The Morgan fingerprint density at radius 3 is 1.94 bits per heavy atom. The molecule has 1 nitrogen and oxygen atoms in total. The minimum atomic E-state index is -1.69. The predicted molar refractivity (Wildman–Crippen MR) is 81.0 cm³/mol. The van der Waals surface area contributed by atoms with Gasteiger partial charge < -0.3 is 0 Å². The summed E-state index contributed by atoms with van der Waals surface area (Å²) in [4.78, 5) is 0. The van der Waals surface area contributed by atoms with Crippen LogP contribution in [0.4, 0.5) is 0 Å². The minimum absolute atomic E-state index is 0.918. The molecule has 0 aliphatic carbocycles. The van der Waals surface area contributed by atoms with E-state index < -0.39 is 7.49 Å². The molecule has 0 radical (unpaired) electrons. The van der Waals surface area contributed by atoms with E-state index in [1.807, 2.05) is 0 Å². The van der Waals surface area contributed by atoms with Gasteiger partial charge in [0.15, 0.2) is 0 Å². The van der Waals surface area contributed by atoms with Gasteiger partial charge in [0, 0.05) is 0 Å². The summed E-state index contributed by atoms with van der Waals surface area (Å²) in [7, 11) is -1.69. The summed E-state index contributed by atoms with van der Waals surface area (Å²) in [6.07, 6.45) is 6.08. The maximum atomic E-state index is 6.38. The summed E-state index contributed by atoms with van der Waals surface area (Å²) in [5.74, 6) is 0. The van der Waals surface area contributed by atoms with E-state index in [0.717, 1.165) is 13.0 Å². The van der Waals surface area contributed by atoms with Crippen LogP contribution in [0.15, 0.2) is 30.3 Å². The third kappa shape index (κ3) is 4.08. The molecule has 2 heteroatoms. The summed E-state index contributed by atoms with van der Waals surface area (Å²) in [5.41, 5.74) is 0. The Labute approximate surface area is 107 Å². The van der Waals surface area contributed by atoms with Crippen LogP contribution < -0.4 is 5.30 Å². The molecule has 0 aliphatic heterocycles. The second kappa shape index (κ2) is 7.84. The van der Waals surface area contributed by atoms with E-state index in [1.165, 1.54) is 30.5 Å². The van der Waals surface area contributed by atoms with Crippen LogP contribution in [0.3, 0.4) is 0 Å². The number of rotatable bonds is 8. The first-order chi connectivity index (χ1) is 8.29. The summed E-state index contributed by atoms with van der Waals surface area (Å²) < 4.78 is 6.38. The molecule has 0 amide bonds. The fraction of sp³-hybridized carbons (Fsp3) is 0.600. The van der Waals surface area contributed by atoms with E-state index in [-0.39, 0.29) is 0 Å². The molecule has 1 aromatic carbocycles. The molecule has 0 bridgehead atoms. The van der Waals surface area contributed by atoms with Crippen LogP contribution >= 0.6 is 7.49 Å². The molecule has 0 aliphatic rings. The quantitative estimate of drug-likeness (QED) is 0.631. The summed E-state index contributed by atoms with van der Waals surface area (Å²) in [6, 6.07) is 10.9. The van der Waals surface area contributed by atoms with Crippen LogP contribution in [0.5, 0.6) is 0 Å². The number of hydrogen-bond donors (Lipinski definition) is 0. The Hall–Kier alpha value is -0.390. The van der Waals surface area contributed by atoms with Gasteiger partial charge in [-0.1, -0.05) is 0 Å². The Bertz CT molecular complexity index is 291. The van der Waals surface area contributed by atoms with Crippen LogP contribution in [0, 0.1) is 0 Å². The standard InChI is InChI=1S/C15H27OP/c1-4-12-16-17(13-5-2,14-6-3)15-10-8-7-9-11-15/h7-11,17H,4-6,12-14H2,1-3H3. The first-order valence-corrected chi connectivity index (χ1v) is 9.30. The molecule has 1 aromatic rings. The van der Waals surface area contributed by atoms with Crippen molar-refractivity contribution in [1.29, 1.82) is 0 Å². The second-order valence-corrected chi connectivity index (χ2v) is 8.56. The molecule has 0 unspecified atom stereocenters. The van der Waals surface area contributed by atoms with Crippen molar-refractivity contribution in [2.24, 2.45) is 0 Å². The van der Waals surface area contributed by atoms with Gasteiger partial charge in [-0.25, -0.2) is 0 Å². The molecule has 0 saturated carbocycles. The second-order valence-electron chi connectivity index (χ2n) is 4.71. The van der Waals surface area contributed by atoms with E-state index in [4.69, 9.17) is 4.52 Å². The van der Waals surface area contributed by atoms with Crippen molar-refractivity contribution in [3.05, 3.63) is 30.3 Å². The van der Waals surface area contributed by atoms with Crippen molar-refractivity contribution in [3.63, 3.8) is 0 Å². The molecule has 0 heterocycles. The van der Waals surface area contributed by atoms with Gasteiger partial charge in [0.05, 0.1) is 0 Å². The van der Waals surface area contributed by atoms with Crippen LogP contribution in [0.2, 0.25) is 0 Å². The van der Waals surface area contributed by atoms with Crippen LogP contribution in [0.25, 0.3) is 0 Å². The van der Waals surface area contributed by atoms with E-state index in [1.54, 1.807) is 0 Å². The van der Waals surface area contributed by atoms with Crippen LogP contribution in [-0.2, 0) is 4.52 Å². The first kappa shape index (κ1) is 14.7. The van der Waals surface area contributed by atoms with Crippen molar-refractivity contribution in [2.45, 2.75) is 40.0 Å². The average molecular weight is 254 g/mol. The topological polar surface area (TPSA) is 9.23 Å². The molecule has 17 heavy (non-hydrogen) atoms. The summed E-state index contributed by atoms with van der Waals surface area (Å²) in [5, 5.41) is 1.48. The molecule has 98 valence electrons. The van der Waals surface area contributed by atoms with Crippen molar-refractivity contribution >= 4 is 12.8 Å². The van der Waals surface area contributed by atoms with E-state index in [0.29, 0.717) is 0 Å². The number of benzene rings is 1. The molecule has 0 atom stereocenters. The van der Waals surface area contributed by atoms with Gasteiger partial charge in [0.25, 0.3) is 0 Å². The van der Waals surface area contributed by atoms with Gasteiger partial charge in [-0.15, -0.1) is 0 Å². The van der Waals surface area contributed by atoms with Crippen molar-refractivity contribution in [2.75, 3.05) is 18.9 Å². The van der Waals surface area contributed by atoms with Crippen molar-refractivity contribution in [1.82, 2.24) is 0 Å². The van der Waals surface area contributed by atoms with Gasteiger partial charge in [-0.2, -0.15) is 0 Å². The van der Waals surface area contributed by atoms with E-state index in [9.17, 15) is 0 Å². The summed E-state index contributed by atoms with van der Waals surface area (Å²) >= 11 is 0. The van der Waals surface area contributed by atoms with E-state index >= 15 is 0 Å². The monoisotopic (exact) mass is 254 g/mol. The molecular weight excluding hydrogens is 227 g/mol. The van der Waals surface area contributed by atoms with Crippen LogP contribution in [0.1, 0.15) is 40.0 Å². The predicted octanol–water partition coefficient (Wildman–Crippen LogP) is 4.22. The molecule has 0 aromatic heterocycles. The SMILES string of the molecule is CCCO[PH](CCC)(CCC)c1ccccc1. The van der Waals surface area contributed by atoms with Gasteiger partial charge >= 0.3 is 107 Å². The zero-order valence-electron chi connectivity index (χ0n) is 11.5. The van der Waals surface area contributed by atoms with Crippen molar-refractivity contribution < 1.29 is 4.52 Å². The molecule has 0 fully saturated rings. The third-order valence-corrected chi connectivity index (χ3v) is 7.95. The van der Waals surface area contributed by atoms with Gasteiger partial charge in [0.1, 0.15) is 0 Å². The zero-order chi connectivity index (χ0) is 12.6. The molecule has 0 spiro atoms. The van der Waals surface area contributed by atoms with Gasteiger partial charge in [-0.05, 0) is 0 Å². The molecular formula is C15H27OP. The fourth-order valence-electron chi connectivity index (χ4n) is 2.49. The Morgan fingerprint density at radius 2 is 1.47 bits per heavy atom.